The largest absolute Gasteiger partial charge is 0.377 e. The molecule has 2 aromatic rings. The zero-order valence-corrected chi connectivity index (χ0v) is 9.70. The van der Waals surface area contributed by atoms with Crippen LogP contribution in [0.5, 0.6) is 0 Å². The molecule has 0 radical (unpaired) electrons. The minimum absolute atomic E-state index is 0.689. The van der Waals surface area contributed by atoms with E-state index in [0.29, 0.717) is 6.54 Å². The van der Waals surface area contributed by atoms with Gasteiger partial charge >= 0.3 is 0 Å². The summed E-state index contributed by atoms with van der Waals surface area (Å²) >= 11 is 0. The second-order valence-corrected chi connectivity index (χ2v) is 4.06. The minimum atomic E-state index is 0.689. The van der Waals surface area contributed by atoms with Crippen LogP contribution in [0, 0.1) is 0 Å². The third-order valence-corrected chi connectivity index (χ3v) is 2.77. The highest BCUT2D eigenvalue weighted by atomic mass is 15.2. The van der Waals surface area contributed by atoms with Gasteiger partial charge in [0.1, 0.15) is 0 Å². The lowest BCUT2D eigenvalue weighted by Crippen LogP contribution is -2.21. The van der Waals surface area contributed by atoms with E-state index < -0.39 is 0 Å². The number of hydrazine groups is 1. The zero-order valence-electron chi connectivity index (χ0n) is 9.70. The van der Waals surface area contributed by atoms with E-state index in [9.17, 15) is 0 Å². The van der Waals surface area contributed by atoms with E-state index >= 15 is 0 Å². The molecule has 3 nitrogen and oxygen atoms in total. The second kappa shape index (κ2) is 4.51. The molecule has 0 saturated carbocycles. The van der Waals surface area contributed by atoms with Crippen molar-refractivity contribution in [1.29, 1.82) is 0 Å². The molecule has 0 heterocycles. The van der Waals surface area contributed by atoms with Crippen molar-refractivity contribution in [2.75, 3.05) is 19.0 Å². The summed E-state index contributed by atoms with van der Waals surface area (Å²) in [7, 11) is 4.12. The monoisotopic (exact) mass is 215 g/mol. The number of rotatable bonds is 3. The maximum atomic E-state index is 5.39. The van der Waals surface area contributed by atoms with Crippen LogP contribution < -0.4 is 16.2 Å². The van der Waals surface area contributed by atoms with Gasteiger partial charge in [0.15, 0.2) is 0 Å². The Bertz CT molecular complexity index is 492. The van der Waals surface area contributed by atoms with Crippen molar-refractivity contribution in [3.05, 3.63) is 42.0 Å². The highest BCUT2D eigenvalue weighted by molar-refractivity contribution is 5.96. The van der Waals surface area contributed by atoms with Crippen LogP contribution in [0.2, 0.25) is 0 Å². The van der Waals surface area contributed by atoms with Crippen molar-refractivity contribution in [2.24, 2.45) is 5.84 Å². The van der Waals surface area contributed by atoms with Crippen molar-refractivity contribution in [3.63, 3.8) is 0 Å². The first-order chi connectivity index (χ1) is 7.74. The lowest BCUT2D eigenvalue weighted by molar-refractivity contribution is 0.745. The smallest absolute Gasteiger partial charge is 0.0440 e. The summed E-state index contributed by atoms with van der Waals surface area (Å²) < 4.78 is 0. The van der Waals surface area contributed by atoms with Crippen LogP contribution in [0.3, 0.4) is 0 Å². The Kier molecular flexibility index (Phi) is 3.08. The summed E-state index contributed by atoms with van der Waals surface area (Å²) in [4.78, 5) is 2.13. The Balaban J connectivity index is 2.67. The quantitative estimate of drug-likeness (QED) is 0.606. The summed E-state index contributed by atoms with van der Waals surface area (Å²) in [5.74, 6) is 5.39. The van der Waals surface area contributed by atoms with Gasteiger partial charge in [-0.1, -0.05) is 30.3 Å². The standard InChI is InChI=1S/C13H17N3/c1-16(2)13-8-7-10(9-15-14)11-5-3-4-6-12(11)13/h3-8,15H,9,14H2,1-2H3. The van der Waals surface area contributed by atoms with E-state index in [0.717, 1.165) is 0 Å². The molecule has 3 N–H and O–H groups in total. The van der Waals surface area contributed by atoms with Gasteiger partial charge in [0.05, 0.1) is 0 Å². The zero-order chi connectivity index (χ0) is 11.5. The lowest BCUT2D eigenvalue weighted by atomic mass is 10.0. The molecule has 84 valence electrons. The highest BCUT2D eigenvalue weighted by Gasteiger charge is 2.05. The maximum Gasteiger partial charge on any atom is 0.0440 e. The van der Waals surface area contributed by atoms with E-state index in [1.165, 1.54) is 22.0 Å². The van der Waals surface area contributed by atoms with Crippen LogP contribution in [0.1, 0.15) is 5.56 Å². The summed E-state index contributed by atoms with van der Waals surface area (Å²) in [6.45, 7) is 0.689. The van der Waals surface area contributed by atoms with Crippen molar-refractivity contribution >= 4 is 16.5 Å². The molecule has 0 aliphatic rings. The van der Waals surface area contributed by atoms with E-state index in [1.807, 2.05) is 0 Å². The molecule has 16 heavy (non-hydrogen) atoms. The third-order valence-electron chi connectivity index (χ3n) is 2.77. The molecular weight excluding hydrogens is 198 g/mol. The first-order valence-electron chi connectivity index (χ1n) is 5.35. The molecule has 0 saturated heterocycles. The molecule has 2 aromatic carbocycles. The molecule has 0 fully saturated rings. The van der Waals surface area contributed by atoms with Crippen LogP contribution in [-0.4, -0.2) is 14.1 Å². The molecule has 0 bridgehead atoms. The number of nitrogens with one attached hydrogen (secondary N) is 1. The molecule has 0 atom stereocenters. The van der Waals surface area contributed by atoms with Crippen molar-refractivity contribution in [1.82, 2.24) is 5.43 Å². The molecule has 2 rings (SSSR count). The van der Waals surface area contributed by atoms with Crippen LogP contribution in [0.25, 0.3) is 10.8 Å². The number of anilines is 1. The van der Waals surface area contributed by atoms with Gasteiger partial charge in [-0.25, -0.2) is 0 Å². The van der Waals surface area contributed by atoms with Crippen molar-refractivity contribution in [3.8, 4) is 0 Å². The van der Waals surface area contributed by atoms with E-state index in [-0.39, 0.29) is 0 Å². The summed E-state index contributed by atoms with van der Waals surface area (Å²) in [6.07, 6.45) is 0. The highest BCUT2D eigenvalue weighted by Crippen LogP contribution is 2.28. The van der Waals surface area contributed by atoms with Gasteiger partial charge in [-0.15, -0.1) is 0 Å². The van der Waals surface area contributed by atoms with Gasteiger partial charge in [0.25, 0.3) is 0 Å². The molecule has 3 heteroatoms. The number of nitrogens with two attached hydrogens (primary N) is 1. The first-order valence-corrected chi connectivity index (χ1v) is 5.35. The molecule has 0 spiro atoms. The Morgan fingerprint density at radius 2 is 1.75 bits per heavy atom. The number of benzene rings is 2. The van der Waals surface area contributed by atoms with Crippen LogP contribution in [0.15, 0.2) is 36.4 Å². The normalized spacial score (nSPS) is 10.7. The fourth-order valence-electron chi connectivity index (χ4n) is 2.00. The van der Waals surface area contributed by atoms with E-state index in [2.05, 4.69) is 60.8 Å². The topological polar surface area (TPSA) is 41.3 Å². The summed E-state index contributed by atoms with van der Waals surface area (Å²) in [5, 5.41) is 2.52. The number of hydrogen-bond acceptors (Lipinski definition) is 3. The molecule has 0 aliphatic carbocycles. The van der Waals surface area contributed by atoms with Crippen molar-refractivity contribution in [2.45, 2.75) is 6.54 Å². The lowest BCUT2D eigenvalue weighted by Gasteiger charge is -2.17. The van der Waals surface area contributed by atoms with Gasteiger partial charge in [-0.3, -0.25) is 11.3 Å². The summed E-state index contributed by atoms with van der Waals surface area (Å²) in [6, 6.07) is 12.7. The fraction of sp³-hybridized carbons (Fsp3) is 0.231. The SMILES string of the molecule is CN(C)c1ccc(CNN)c2ccccc12. The molecule has 0 aliphatic heterocycles. The van der Waals surface area contributed by atoms with Gasteiger partial charge in [0.2, 0.25) is 0 Å². The fourth-order valence-corrected chi connectivity index (χ4v) is 2.00. The first kappa shape index (κ1) is 10.9. The van der Waals surface area contributed by atoms with Gasteiger partial charge in [0, 0.05) is 31.7 Å². The van der Waals surface area contributed by atoms with E-state index in [4.69, 9.17) is 5.84 Å². The van der Waals surface area contributed by atoms with Gasteiger partial charge < -0.3 is 4.90 Å². The maximum absolute atomic E-state index is 5.39. The van der Waals surface area contributed by atoms with Gasteiger partial charge in [-0.05, 0) is 17.0 Å². The van der Waals surface area contributed by atoms with Gasteiger partial charge in [-0.2, -0.15) is 0 Å². The van der Waals surface area contributed by atoms with Crippen LogP contribution in [-0.2, 0) is 6.54 Å². The van der Waals surface area contributed by atoms with Crippen molar-refractivity contribution < 1.29 is 0 Å². The Hall–Kier alpha value is -1.58. The average Bonchev–Trinajstić information content (AvgIpc) is 2.29. The average molecular weight is 215 g/mol. The molecule has 0 amide bonds. The molecule has 0 unspecified atom stereocenters. The Morgan fingerprint density at radius 3 is 2.38 bits per heavy atom. The Morgan fingerprint density at radius 1 is 1.06 bits per heavy atom. The molecule has 0 aromatic heterocycles. The number of hydrogen-bond donors (Lipinski definition) is 2. The minimum Gasteiger partial charge on any atom is -0.377 e. The summed E-state index contributed by atoms with van der Waals surface area (Å²) in [5.41, 5.74) is 5.17. The molecular formula is C13H17N3. The Labute approximate surface area is 95.8 Å². The number of nitrogens with zero attached hydrogens (tertiary/aromatic N) is 1. The number of fused-ring (bicyclic) bond motifs is 1. The van der Waals surface area contributed by atoms with Crippen LogP contribution >= 0.6 is 0 Å². The third kappa shape index (κ3) is 1.87. The van der Waals surface area contributed by atoms with Crippen LogP contribution in [0.4, 0.5) is 5.69 Å². The predicted octanol–water partition coefficient (Wildman–Crippen LogP) is 1.87. The van der Waals surface area contributed by atoms with E-state index in [1.54, 1.807) is 0 Å². The predicted molar refractivity (Wildman–Crippen MR) is 69.3 cm³/mol. The second-order valence-electron chi connectivity index (χ2n) is 4.06.